The zero-order chi connectivity index (χ0) is 20.5. The molecule has 0 atom stereocenters. The number of aryl methyl sites for hydroxylation is 1. The normalized spacial score (nSPS) is 10.7. The highest BCUT2D eigenvalue weighted by Gasteiger charge is 2.16. The van der Waals surface area contributed by atoms with Gasteiger partial charge in [0.25, 0.3) is 0 Å². The van der Waals surface area contributed by atoms with Gasteiger partial charge in [0.15, 0.2) is 5.75 Å². The molecule has 0 unspecified atom stereocenters. The van der Waals surface area contributed by atoms with E-state index < -0.39 is 6.09 Å². The summed E-state index contributed by atoms with van der Waals surface area (Å²) in [5.41, 5.74) is 3.07. The van der Waals surface area contributed by atoms with Crippen molar-refractivity contribution in [3.63, 3.8) is 0 Å². The molecule has 5 nitrogen and oxygen atoms in total. The summed E-state index contributed by atoms with van der Waals surface area (Å²) < 4.78 is 7.32. The number of halogens is 1. The van der Waals surface area contributed by atoms with Crippen LogP contribution in [0.2, 0.25) is 5.02 Å². The molecule has 3 rings (SSSR count). The number of hydrogen-bond acceptors (Lipinski definition) is 3. The van der Waals surface area contributed by atoms with Gasteiger partial charge >= 0.3 is 6.09 Å². The number of amides is 1. The Kier molecular flexibility index (Phi) is 7.70. The lowest BCUT2D eigenvalue weighted by Crippen LogP contribution is -2.28. The van der Waals surface area contributed by atoms with E-state index in [9.17, 15) is 4.79 Å². The molecular weight excluding hydrogens is 386 g/mol. The molecule has 0 radical (unpaired) electrons. The maximum absolute atomic E-state index is 12.2. The number of carbonyl (C=O) groups is 1. The number of benzene rings is 2. The Labute approximate surface area is 176 Å². The third-order valence-corrected chi connectivity index (χ3v) is 4.85. The third-order valence-electron chi connectivity index (χ3n) is 4.60. The number of rotatable bonds is 9. The van der Waals surface area contributed by atoms with Gasteiger partial charge < -0.3 is 10.1 Å². The monoisotopic (exact) mass is 411 g/mol. The van der Waals surface area contributed by atoms with Crippen molar-refractivity contribution in [3.05, 3.63) is 77.1 Å². The van der Waals surface area contributed by atoms with Crippen molar-refractivity contribution in [1.82, 2.24) is 15.1 Å². The highest BCUT2D eigenvalue weighted by molar-refractivity contribution is 6.30. The number of aromatic nitrogens is 2. The largest absolute Gasteiger partial charge is 0.412 e. The quantitative estimate of drug-likeness (QED) is 0.467. The molecule has 2 aromatic carbocycles. The molecular formula is C23H26ClN3O2. The van der Waals surface area contributed by atoms with Crippen LogP contribution in [0, 0.1) is 0 Å². The average Bonchev–Trinajstić information content (AvgIpc) is 3.11. The van der Waals surface area contributed by atoms with E-state index >= 15 is 0 Å². The maximum Gasteiger partial charge on any atom is 0.412 e. The number of hydrogen-bond donors (Lipinski definition) is 1. The Bertz CT molecular complexity index is 908. The Morgan fingerprint density at radius 1 is 1.07 bits per heavy atom. The summed E-state index contributed by atoms with van der Waals surface area (Å²) in [6.45, 7) is 2.66. The minimum absolute atomic E-state index is 0.447. The second-order valence-electron chi connectivity index (χ2n) is 6.85. The topological polar surface area (TPSA) is 56.1 Å². The minimum Gasteiger partial charge on any atom is -0.407 e. The smallest absolute Gasteiger partial charge is 0.407 e. The van der Waals surface area contributed by atoms with Crippen LogP contribution >= 0.6 is 11.6 Å². The first kappa shape index (κ1) is 20.9. The van der Waals surface area contributed by atoms with Gasteiger partial charge in [-0.25, -0.2) is 9.48 Å². The van der Waals surface area contributed by atoms with Crippen molar-refractivity contribution in [2.24, 2.45) is 0 Å². The lowest BCUT2D eigenvalue weighted by Gasteiger charge is -2.10. The Hall–Kier alpha value is -2.79. The van der Waals surface area contributed by atoms with Gasteiger partial charge in [0.05, 0.1) is 17.6 Å². The van der Waals surface area contributed by atoms with E-state index in [0.29, 0.717) is 17.3 Å². The van der Waals surface area contributed by atoms with Crippen molar-refractivity contribution in [3.8, 4) is 11.4 Å². The van der Waals surface area contributed by atoms with Gasteiger partial charge in [-0.1, -0.05) is 55.3 Å². The zero-order valence-electron chi connectivity index (χ0n) is 16.6. The fraction of sp³-hybridized carbons (Fsp3) is 0.304. The first-order chi connectivity index (χ1) is 14.2. The molecule has 0 aliphatic rings. The van der Waals surface area contributed by atoms with Gasteiger partial charge in [0.2, 0.25) is 0 Å². The van der Waals surface area contributed by atoms with Gasteiger partial charge in [-0.2, -0.15) is 5.10 Å². The Balaban J connectivity index is 1.52. The fourth-order valence-corrected chi connectivity index (χ4v) is 3.27. The van der Waals surface area contributed by atoms with Crippen LogP contribution in [0.5, 0.6) is 5.75 Å². The van der Waals surface area contributed by atoms with Crippen LogP contribution in [0.3, 0.4) is 0 Å². The molecule has 0 spiro atoms. The van der Waals surface area contributed by atoms with Crippen LogP contribution in [-0.4, -0.2) is 22.4 Å². The molecule has 3 aromatic rings. The highest BCUT2D eigenvalue weighted by Crippen LogP contribution is 2.24. The number of unbranched alkanes of at least 4 members (excludes halogenated alkanes) is 1. The second-order valence-corrected chi connectivity index (χ2v) is 7.29. The average molecular weight is 412 g/mol. The van der Waals surface area contributed by atoms with Crippen LogP contribution in [0.25, 0.3) is 5.69 Å². The summed E-state index contributed by atoms with van der Waals surface area (Å²) in [4.78, 5) is 12.2. The Morgan fingerprint density at radius 3 is 2.55 bits per heavy atom. The molecule has 0 bridgehead atoms. The standard InChI is InChI=1S/C23H26ClN3O2/c1-2-8-21-22(17-26-27(21)20-14-12-19(24)13-15-20)29-23(28)25-16-7-6-11-18-9-4-3-5-10-18/h3-5,9-10,12-15,17H,2,6-8,11,16H2,1H3,(H,25,28). The predicted molar refractivity (Wildman–Crippen MR) is 116 cm³/mol. The van der Waals surface area contributed by atoms with Gasteiger partial charge in [0, 0.05) is 11.6 Å². The van der Waals surface area contributed by atoms with Crippen LogP contribution < -0.4 is 10.1 Å². The molecule has 29 heavy (non-hydrogen) atoms. The van der Waals surface area contributed by atoms with Gasteiger partial charge in [-0.05, 0) is 55.5 Å². The van der Waals surface area contributed by atoms with Crippen molar-refractivity contribution in [1.29, 1.82) is 0 Å². The fourth-order valence-electron chi connectivity index (χ4n) is 3.14. The van der Waals surface area contributed by atoms with Gasteiger partial charge in [-0.3, -0.25) is 0 Å². The van der Waals surface area contributed by atoms with E-state index in [4.69, 9.17) is 16.3 Å². The van der Waals surface area contributed by atoms with E-state index in [1.54, 1.807) is 10.9 Å². The number of carbonyl (C=O) groups excluding carboxylic acids is 1. The minimum atomic E-state index is -0.447. The number of ether oxygens (including phenoxy) is 1. The van der Waals surface area contributed by atoms with Crippen molar-refractivity contribution in [2.75, 3.05) is 6.54 Å². The van der Waals surface area contributed by atoms with Crippen molar-refractivity contribution in [2.45, 2.75) is 39.0 Å². The lowest BCUT2D eigenvalue weighted by molar-refractivity contribution is 0.200. The molecule has 0 saturated carbocycles. The number of nitrogens with one attached hydrogen (secondary N) is 1. The molecule has 0 aliphatic heterocycles. The van der Waals surface area contributed by atoms with Gasteiger partial charge in [0.1, 0.15) is 0 Å². The maximum atomic E-state index is 12.2. The summed E-state index contributed by atoms with van der Waals surface area (Å²) in [5.74, 6) is 0.489. The molecule has 1 N–H and O–H groups in total. The molecule has 152 valence electrons. The van der Waals surface area contributed by atoms with E-state index in [2.05, 4.69) is 29.5 Å². The first-order valence-corrected chi connectivity index (χ1v) is 10.4. The Morgan fingerprint density at radius 2 is 1.83 bits per heavy atom. The lowest BCUT2D eigenvalue weighted by atomic mass is 10.1. The molecule has 1 amide bonds. The van der Waals surface area contributed by atoms with E-state index in [1.165, 1.54) is 5.56 Å². The summed E-state index contributed by atoms with van der Waals surface area (Å²) in [6.07, 6.45) is 5.73. The van der Waals surface area contributed by atoms with Crippen molar-refractivity contribution < 1.29 is 9.53 Å². The molecule has 1 heterocycles. The summed E-state index contributed by atoms with van der Waals surface area (Å²) in [5, 5.41) is 7.89. The number of nitrogens with zero attached hydrogens (tertiary/aromatic N) is 2. The summed E-state index contributed by atoms with van der Waals surface area (Å²) in [7, 11) is 0. The molecule has 0 fully saturated rings. The highest BCUT2D eigenvalue weighted by atomic mass is 35.5. The van der Waals surface area contributed by atoms with Crippen molar-refractivity contribution >= 4 is 17.7 Å². The van der Waals surface area contributed by atoms with E-state index in [-0.39, 0.29) is 0 Å². The first-order valence-electron chi connectivity index (χ1n) is 10.00. The van der Waals surface area contributed by atoms with Crippen LogP contribution in [0.1, 0.15) is 37.4 Å². The third kappa shape index (κ3) is 6.09. The summed E-state index contributed by atoms with van der Waals surface area (Å²) in [6, 6.07) is 17.8. The van der Waals surface area contributed by atoms with Gasteiger partial charge in [-0.15, -0.1) is 0 Å². The van der Waals surface area contributed by atoms with E-state index in [1.807, 2.05) is 42.5 Å². The van der Waals surface area contributed by atoms with Crippen LogP contribution in [-0.2, 0) is 12.8 Å². The van der Waals surface area contributed by atoms with Crippen LogP contribution in [0.4, 0.5) is 4.79 Å². The second kappa shape index (κ2) is 10.7. The molecule has 0 aliphatic carbocycles. The molecule has 6 heteroatoms. The summed E-state index contributed by atoms with van der Waals surface area (Å²) >= 11 is 5.97. The van der Waals surface area contributed by atoms with Crippen LogP contribution in [0.15, 0.2) is 60.8 Å². The van der Waals surface area contributed by atoms with E-state index in [0.717, 1.165) is 43.5 Å². The molecule has 1 aromatic heterocycles. The SMILES string of the molecule is CCCc1c(OC(=O)NCCCCc2ccccc2)cnn1-c1ccc(Cl)cc1. The zero-order valence-corrected chi connectivity index (χ0v) is 17.4. The molecule has 0 saturated heterocycles. The predicted octanol–water partition coefficient (Wildman–Crippen LogP) is 5.59.